The maximum atomic E-state index is 12.0. The first-order chi connectivity index (χ1) is 11.5. The molecule has 0 aliphatic heterocycles. The first kappa shape index (κ1) is 18.1. The van der Waals surface area contributed by atoms with E-state index in [9.17, 15) is 9.59 Å². The Morgan fingerprint density at radius 2 is 1.67 bits per heavy atom. The van der Waals surface area contributed by atoms with Crippen molar-refractivity contribution in [1.82, 2.24) is 0 Å². The average molecular weight is 367 g/mol. The molecule has 0 aliphatic carbocycles. The molecule has 126 valence electrons. The Kier molecular flexibility index (Phi) is 6.46. The summed E-state index contributed by atoms with van der Waals surface area (Å²) in [5.74, 6) is -0.0700. The van der Waals surface area contributed by atoms with Gasteiger partial charge in [0.2, 0.25) is 5.91 Å². The third kappa shape index (κ3) is 5.44. The summed E-state index contributed by atoms with van der Waals surface area (Å²) in [6.45, 7) is 1.56. The molecule has 0 saturated heterocycles. The van der Waals surface area contributed by atoms with Gasteiger partial charge < -0.3 is 15.4 Å². The van der Waals surface area contributed by atoms with Gasteiger partial charge in [-0.1, -0.05) is 36.2 Å². The molecule has 2 amide bonds. The van der Waals surface area contributed by atoms with Crippen molar-refractivity contribution in [3.63, 3.8) is 0 Å². The Hall–Kier alpha value is -2.24. The Bertz CT molecular complexity index is 750. The van der Waals surface area contributed by atoms with Gasteiger partial charge in [0.25, 0.3) is 5.91 Å². The van der Waals surface area contributed by atoms with E-state index in [4.69, 9.17) is 27.9 Å². The minimum absolute atomic E-state index is 0.0980. The smallest absolute Gasteiger partial charge is 0.262 e. The van der Waals surface area contributed by atoms with Gasteiger partial charge in [0, 0.05) is 22.8 Å². The second-order valence-electron chi connectivity index (χ2n) is 4.89. The Morgan fingerprint density at radius 3 is 2.29 bits per heavy atom. The monoisotopic (exact) mass is 366 g/mol. The van der Waals surface area contributed by atoms with Crippen LogP contribution in [0.5, 0.6) is 5.75 Å². The maximum Gasteiger partial charge on any atom is 0.262 e. The third-order valence-corrected chi connectivity index (χ3v) is 3.53. The van der Waals surface area contributed by atoms with Gasteiger partial charge in [0.15, 0.2) is 6.61 Å². The molecule has 2 aromatic carbocycles. The minimum atomic E-state index is -0.347. The van der Waals surface area contributed by atoms with E-state index in [1.165, 1.54) is 6.07 Å². The van der Waals surface area contributed by atoms with Crippen LogP contribution in [0.15, 0.2) is 42.5 Å². The molecule has 0 radical (unpaired) electrons. The lowest BCUT2D eigenvalue weighted by molar-refractivity contribution is -0.118. The van der Waals surface area contributed by atoms with Crippen molar-refractivity contribution in [2.24, 2.45) is 0 Å². The van der Waals surface area contributed by atoms with Crippen molar-refractivity contribution in [3.8, 4) is 5.75 Å². The number of hydrogen-bond donors (Lipinski definition) is 2. The van der Waals surface area contributed by atoms with Crippen molar-refractivity contribution in [3.05, 3.63) is 52.5 Å². The predicted octanol–water partition coefficient (Wildman–Crippen LogP) is 4.36. The first-order valence-corrected chi connectivity index (χ1v) is 8.01. The Labute approximate surface area is 149 Å². The van der Waals surface area contributed by atoms with Crippen LogP contribution in [0.3, 0.4) is 0 Å². The van der Waals surface area contributed by atoms with Crippen LogP contribution in [0.4, 0.5) is 11.4 Å². The Balaban J connectivity index is 1.92. The lowest BCUT2D eigenvalue weighted by Crippen LogP contribution is -2.20. The van der Waals surface area contributed by atoms with Gasteiger partial charge >= 0.3 is 0 Å². The van der Waals surface area contributed by atoms with E-state index in [0.717, 1.165) is 0 Å². The molecule has 5 nitrogen and oxygen atoms in total. The van der Waals surface area contributed by atoms with Gasteiger partial charge in [0.05, 0.1) is 5.02 Å². The molecule has 2 N–H and O–H groups in total. The number of hydrogen-bond acceptors (Lipinski definition) is 3. The summed E-state index contributed by atoms with van der Waals surface area (Å²) >= 11 is 11.8. The summed E-state index contributed by atoms with van der Waals surface area (Å²) in [4.78, 5) is 23.4. The normalized spacial score (nSPS) is 10.1. The van der Waals surface area contributed by atoms with Gasteiger partial charge in [-0.3, -0.25) is 9.59 Å². The molecule has 0 heterocycles. The molecule has 0 fully saturated rings. The van der Waals surface area contributed by atoms with Gasteiger partial charge in [-0.25, -0.2) is 0 Å². The molecule has 0 saturated carbocycles. The fourth-order valence-corrected chi connectivity index (χ4v) is 2.32. The van der Waals surface area contributed by atoms with Crippen molar-refractivity contribution in [1.29, 1.82) is 0 Å². The molecule has 0 bridgehead atoms. The molecular weight excluding hydrogens is 351 g/mol. The van der Waals surface area contributed by atoms with Crippen LogP contribution in [0.2, 0.25) is 10.0 Å². The molecule has 0 aliphatic rings. The summed E-state index contributed by atoms with van der Waals surface area (Å²) < 4.78 is 5.37. The van der Waals surface area contributed by atoms with Crippen LogP contribution in [0.25, 0.3) is 0 Å². The number of nitrogens with one attached hydrogen (secondary N) is 2. The molecule has 0 atom stereocenters. The van der Waals surface area contributed by atoms with Gasteiger partial charge in [-0.2, -0.15) is 0 Å². The van der Waals surface area contributed by atoms with E-state index in [1.807, 2.05) is 0 Å². The van der Waals surface area contributed by atoms with Gasteiger partial charge in [-0.15, -0.1) is 0 Å². The van der Waals surface area contributed by atoms with E-state index in [2.05, 4.69) is 10.6 Å². The summed E-state index contributed by atoms with van der Waals surface area (Å²) in [5, 5.41) is 6.24. The van der Waals surface area contributed by atoms with E-state index in [1.54, 1.807) is 43.3 Å². The minimum Gasteiger partial charge on any atom is -0.482 e. The fraction of sp³-hybridized carbons (Fsp3) is 0.176. The number of benzene rings is 2. The van der Waals surface area contributed by atoms with Crippen LogP contribution in [0.1, 0.15) is 13.3 Å². The summed E-state index contributed by atoms with van der Waals surface area (Å²) in [5.41, 5.74) is 1.17. The zero-order chi connectivity index (χ0) is 17.5. The van der Waals surface area contributed by atoms with Crippen molar-refractivity contribution < 1.29 is 14.3 Å². The number of rotatable bonds is 6. The number of halogens is 2. The molecule has 24 heavy (non-hydrogen) atoms. The molecule has 7 heteroatoms. The third-order valence-electron chi connectivity index (χ3n) is 3.00. The summed E-state index contributed by atoms with van der Waals surface area (Å²) in [7, 11) is 0. The largest absolute Gasteiger partial charge is 0.482 e. The van der Waals surface area contributed by atoms with E-state index in [0.29, 0.717) is 33.6 Å². The lowest BCUT2D eigenvalue weighted by Gasteiger charge is -2.10. The number of amides is 2. The fourth-order valence-electron chi connectivity index (χ4n) is 1.86. The van der Waals surface area contributed by atoms with Crippen LogP contribution >= 0.6 is 23.2 Å². The quantitative estimate of drug-likeness (QED) is 0.797. The number of anilines is 2. The summed E-state index contributed by atoms with van der Waals surface area (Å²) in [6, 6.07) is 11.6. The zero-order valence-electron chi connectivity index (χ0n) is 12.9. The van der Waals surface area contributed by atoms with Crippen LogP contribution in [0, 0.1) is 0 Å². The Morgan fingerprint density at radius 1 is 1.00 bits per heavy atom. The molecule has 2 aromatic rings. The highest BCUT2D eigenvalue weighted by Gasteiger charge is 2.08. The zero-order valence-corrected chi connectivity index (χ0v) is 14.4. The first-order valence-electron chi connectivity index (χ1n) is 7.25. The SMILES string of the molecule is CCC(=O)Nc1cccc(NC(=O)COc2ccc(Cl)cc2Cl)c1. The highest BCUT2D eigenvalue weighted by atomic mass is 35.5. The molecular formula is C17H16Cl2N2O3. The van der Waals surface area contributed by atoms with E-state index < -0.39 is 0 Å². The number of ether oxygens (including phenoxy) is 1. The van der Waals surface area contributed by atoms with Gasteiger partial charge in [0.1, 0.15) is 5.75 Å². The number of carbonyl (C=O) groups excluding carboxylic acids is 2. The second-order valence-corrected chi connectivity index (χ2v) is 5.74. The predicted molar refractivity (Wildman–Crippen MR) is 95.9 cm³/mol. The van der Waals surface area contributed by atoms with Crippen LogP contribution in [-0.2, 0) is 9.59 Å². The molecule has 0 aromatic heterocycles. The van der Waals surface area contributed by atoms with Crippen molar-refractivity contribution in [2.45, 2.75) is 13.3 Å². The van der Waals surface area contributed by atoms with Crippen molar-refractivity contribution in [2.75, 3.05) is 17.2 Å². The van der Waals surface area contributed by atoms with E-state index in [-0.39, 0.29) is 18.4 Å². The number of carbonyl (C=O) groups is 2. The maximum absolute atomic E-state index is 12.0. The topological polar surface area (TPSA) is 67.4 Å². The highest BCUT2D eigenvalue weighted by molar-refractivity contribution is 6.35. The highest BCUT2D eigenvalue weighted by Crippen LogP contribution is 2.27. The summed E-state index contributed by atoms with van der Waals surface area (Å²) in [6.07, 6.45) is 0.381. The standard InChI is InChI=1S/C17H16Cl2N2O3/c1-2-16(22)20-12-4-3-5-13(9-12)21-17(23)10-24-15-7-6-11(18)8-14(15)19/h3-9H,2,10H2,1H3,(H,20,22)(H,21,23). The molecule has 0 spiro atoms. The molecule has 0 unspecified atom stereocenters. The van der Waals surface area contributed by atoms with Gasteiger partial charge in [-0.05, 0) is 36.4 Å². The van der Waals surface area contributed by atoms with Crippen LogP contribution in [-0.4, -0.2) is 18.4 Å². The second kappa shape index (κ2) is 8.57. The molecule has 2 rings (SSSR count). The van der Waals surface area contributed by atoms with Crippen LogP contribution < -0.4 is 15.4 Å². The van der Waals surface area contributed by atoms with E-state index >= 15 is 0 Å². The van der Waals surface area contributed by atoms with Crippen molar-refractivity contribution >= 4 is 46.4 Å². The lowest BCUT2D eigenvalue weighted by atomic mass is 10.2. The average Bonchev–Trinajstić information content (AvgIpc) is 2.54.